The van der Waals surface area contributed by atoms with Crippen molar-refractivity contribution in [2.75, 3.05) is 39.4 Å². The quantitative estimate of drug-likeness (QED) is 0.829. The standard InChI is InChI=1S/C16H32N2O/c1-14(13-18-8-10-19-11-9-18)17-12-15-6-4-5-7-16(15,2)3/h14-15,17H,4-13H2,1-3H3. The van der Waals surface area contributed by atoms with Gasteiger partial charge in [-0.3, -0.25) is 4.90 Å². The Morgan fingerprint density at radius 1 is 1.26 bits per heavy atom. The summed E-state index contributed by atoms with van der Waals surface area (Å²) in [5.74, 6) is 0.855. The van der Waals surface area contributed by atoms with Crippen LogP contribution in [0, 0.1) is 11.3 Å². The van der Waals surface area contributed by atoms with E-state index in [1.54, 1.807) is 0 Å². The summed E-state index contributed by atoms with van der Waals surface area (Å²) in [7, 11) is 0. The molecule has 2 rings (SSSR count). The van der Waals surface area contributed by atoms with Gasteiger partial charge in [-0.15, -0.1) is 0 Å². The minimum Gasteiger partial charge on any atom is -0.379 e. The van der Waals surface area contributed by atoms with Crippen LogP contribution in [0.2, 0.25) is 0 Å². The summed E-state index contributed by atoms with van der Waals surface area (Å²) in [5, 5.41) is 3.77. The van der Waals surface area contributed by atoms with Gasteiger partial charge in [-0.2, -0.15) is 0 Å². The summed E-state index contributed by atoms with van der Waals surface area (Å²) in [5.41, 5.74) is 0.532. The van der Waals surface area contributed by atoms with Crippen LogP contribution in [0.1, 0.15) is 46.5 Å². The third-order valence-electron chi connectivity index (χ3n) is 5.08. The van der Waals surface area contributed by atoms with Crippen LogP contribution in [0.25, 0.3) is 0 Å². The predicted octanol–water partition coefficient (Wildman–Crippen LogP) is 2.51. The van der Waals surface area contributed by atoms with Crippen LogP contribution in [0.3, 0.4) is 0 Å². The van der Waals surface area contributed by atoms with E-state index in [1.165, 1.54) is 32.2 Å². The Morgan fingerprint density at radius 2 is 2.00 bits per heavy atom. The zero-order valence-electron chi connectivity index (χ0n) is 13.1. The van der Waals surface area contributed by atoms with Gasteiger partial charge in [0.15, 0.2) is 0 Å². The van der Waals surface area contributed by atoms with Crippen molar-refractivity contribution >= 4 is 0 Å². The van der Waals surface area contributed by atoms with E-state index in [0.29, 0.717) is 11.5 Å². The van der Waals surface area contributed by atoms with Gasteiger partial charge < -0.3 is 10.1 Å². The zero-order chi connectivity index (χ0) is 13.7. The van der Waals surface area contributed by atoms with Crippen LogP contribution in [-0.2, 0) is 4.74 Å². The molecule has 1 N–H and O–H groups in total. The van der Waals surface area contributed by atoms with E-state index >= 15 is 0 Å². The summed E-state index contributed by atoms with van der Waals surface area (Å²) in [6, 6.07) is 0.593. The van der Waals surface area contributed by atoms with Crippen LogP contribution in [0.4, 0.5) is 0 Å². The minimum absolute atomic E-state index is 0.532. The SMILES string of the molecule is CC(CN1CCOCC1)NCC1CCCCC1(C)C. The van der Waals surface area contributed by atoms with Crippen LogP contribution >= 0.6 is 0 Å². The molecule has 1 aliphatic carbocycles. The maximum atomic E-state index is 5.40. The fraction of sp³-hybridized carbons (Fsp3) is 1.00. The van der Waals surface area contributed by atoms with E-state index in [-0.39, 0.29) is 0 Å². The molecule has 2 aliphatic rings. The normalized spacial score (nSPS) is 30.2. The number of rotatable bonds is 5. The van der Waals surface area contributed by atoms with E-state index in [1.807, 2.05) is 0 Å². The molecule has 2 fully saturated rings. The minimum atomic E-state index is 0.532. The van der Waals surface area contributed by atoms with Gasteiger partial charge in [-0.1, -0.05) is 26.7 Å². The van der Waals surface area contributed by atoms with Gasteiger partial charge in [0.1, 0.15) is 0 Å². The molecule has 0 spiro atoms. The molecule has 2 atom stereocenters. The lowest BCUT2D eigenvalue weighted by molar-refractivity contribution is 0.0335. The molecule has 0 aromatic rings. The number of nitrogens with zero attached hydrogens (tertiary/aromatic N) is 1. The average Bonchev–Trinajstić information content (AvgIpc) is 2.38. The molecule has 0 radical (unpaired) electrons. The molecule has 0 aromatic heterocycles. The zero-order valence-corrected chi connectivity index (χ0v) is 13.1. The van der Waals surface area contributed by atoms with Crippen molar-refractivity contribution in [1.29, 1.82) is 0 Å². The number of ether oxygens (including phenoxy) is 1. The first-order valence-corrected chi connectivity index (χ1v) is 8.11. The van der Waals surface area contributed by atoms with Gasteiger partial charge in [0.2, 0.25) is 0 Å². The maximum absolute atomic E-state index is 5.40. The molecule has 0 bridgehead atoms. The molecular formula is C16H32N2O. The van der Waals surface area contributed by atoms with Crippen molar-refractivity contribution in [3.8, 4) is 0 Å². The van der Waals surface area contributed by atoms with E-state index in [9.17, 15) is 0 Å². The highest BCUT2D eigenvalue weighted by atomic mass is 16.5. The summed E-state index contributed by atoms with van der Waals surface area (Å²) >= 11 is 0. The van der Waals surface area contributed by atoms with Gasteiger partial charge in [0, 0.05) is 25.7 Å². The third kappa shape index (κ3) is 4.73. The number of morpholine rings is 1. The van der Waals surface area contributed by atoms with E-state index in [4.69, 9.17) is 4.74 Å². The Morgan fingerprint density at radius 3 is 2.68 bits per heavy atom. The van der Waals surface area contributed by atoms with Crippen molar-refractivity contribution in [2.45, 2.75) is 52.5 Å². The smallest absolute Gasteiger partial charge is 0.0594 e. The number of hydrogen-bond donors (Lipinski definition) is 1. The first-order chi connectivity index (χ1) is 9.08. The number of nitrogens with one attached hydrogen (secondary N) is 1. The van der Waals surface area contributed by atoms with Crippen molar-refractivity contribution < 1.29 is 4.74 Å². The monoisotopic (exact) mass is 268 g/mol. The molecule has 19 heavy (non-hydrogen) atoms. The molecular weight excluding hydrogens is 236 g/mol. The largest absolute Gasteiger partial charge is 0.379 e. The van der Waals surface area contributed by atoms with Gasteiger partial charge >= 0.3 is 0 Å². The summed E-state index contributed by atoms with van der Waals surface area (Å²) < 4.78 is 5.40. The molecule has 1 heterocycles. The molecule has 0 aromatic carbocycles. The average molecular weight is 268 g/mol. The summed E-state index contributed by atoms with van der Waals surface area (Å²) in [4.78, 5) is 2.52. The molecule has 0 amide bonds. The van der Waals surface area contributed by atoms with Gasteiger partial charge in [0.05, 0.1) is 13.2 Å². The maximum Gasteiger partial charge on any atom is 0.0594 e. The van der Waals surface area contributed by atoms with Crippen LogP contribution < -0.4 is 5.32 Å². The molecule has 1 saturated carbocycles. The lowest BCUT2D eigenvalue weighted by Crippen LogP contribution is -2.46. The predicted molar refractivity (Wildman–Crippen MR) is 80.5 cm³/mol. The van der Waals surface area contributed by atoms with Crippen molar-refractivity contribution in [3.05, 3.63) is 0 Å². The van der Waals surface area contributed by atoms with Gasteiger partial charge in [0.25, 0.3) is 0 Å². The fourth-order valence-electron chi connectivity index (χ4n) is 3.52. The Bertz CT molecular complexity index is 261. The van der Waals surface area contributed by atoms with Crippen LogP contribution in [0.5, 0.6) is 0 Å². The second-order valence-corrected chi connectivity index (χ2v) is 7.15. The lowest BCUT2D eigenvalue weighted by atomic mass is 9.69. The first-order valence-electron chi connectivity index (χ1n) is 8.11. The Kier molecular flexibility index (Phi) is 5.67. The highest BCUT2D eigenvalue weighted by Crippen LogP contribution is 2.40. The summed E-state index contributed by atoms with van der Waals surface area (Å²) in [6.45, 7) is 13.6. The van der Waals surface area contributed by atoms with Crippen LogP contribution in [0.15, 0.2) is 0 Å². The topological polar surface area (TPSA) is 24.5 Å². The third-order valence-corrected chi connectivity index (χ3v) is 5.08. The van der Waals surface area contributed by atoms with Crippen LogP contribution in [-0.4, -0.2) is 50.3 Å². The highest BCUT2D eigenvalue weighted by Gasteiger charge is 2.31. The van der Waals surface area contributed by atoms with Crippen molar-refractivity contribution in [1.82, 2.24) is 10.2 Å². The van der Waals surface area contributed by atoms with Gasteiger partial charge in [-0.05, 0) is 37.6 Å². The molecule has 3 heteroatoms. The Hall–Kier alpha value is -0.120. The second-order valence-electron chi connectivity index (χ2n) is 7.15. The van der Waals surface area contributed by atoms with E-state index in [2.05, 4.69) is 31.0 Å². The Labute approximate surface area is 119 Å². The van der Waals surface area contributed by atoms with Gasteiger partial charge in [-0.25, -0.2) is 0 Å². The van der Waals surface area contributed by atoms with Crippen molar-refractivity contribution in [3.63, 3.8) is 0 Å². The molecule has 1 aliphatic heterocycles. The van der Waals surface area contributed by atoms with E-state index in [0.717, 1.165) is 38.8 Å². The molecule has 112 valence electrons. The number of hydrogen-bond acceptors (Lipinski definition) is 3. The fourth-order valence-corrected chi connectivity index (χ4v) is 3.52. The van der Waals surface area contributed by atoms with E-state index < -0.39 is 0 Å². The highest BCUT2D eigenvalue weighted by molar-refractivity contribution is 4.85. The summed E-state index contributed by atoms with van der Waals surface area (Å²) in [6.07, 6.45) is 5.65. The first kappa shape index (κ1) is 15.3. The lowest BCUT2D eigenvalue weighted by Gasteiger charge is -2.39. The molecule has 2 unspecified atom stereocenters. The molecule has 1 saturated heterocycles. The molecule has 3 nitrogen and oxygen atoms in total. The Balaban J connectivity index is 1.68. The second kappa shape index (κ2) is 7.05. The van der Waals surface area contributed by atoms with Crippen molar-refractivity contribution in [2.24, 2.45) is 11.3 Å².